The summed E-state index contributed by atoms with van der Waals surface area (Å²) in [5.74, 6) is -0.0228. The summed E-state index contributed by atoms with van der Waals surface area (Å²) in [6.07, 6.45) is 0.960. The van der Waals surface area contributed by atoms with Gasteiger partial charge in [0.2, 0.25) is 0 Å². The van der Waals surface area contributed by atoms with E-state index in [1.807, 2.05) is 18.2 Å². The molecule has 0 aliphatic rings. The van der Waals surface area contributed by atoms with E-state index in [2.05, 4.69) is 31.7 Å². The van der Waals surface area contributed by atoms with E-state index in [9.17, 15) is 10.4 Å². The lowest BCUT2D eigenvalue weighted by Gasteiger charge is -2.08. The zero-order valence-corrected chi connectivity index (χ0v) is 10.9. The Labute approximate surface area is 113 Å². The number of nitriles is 1. The summed E-state index contributed by atoms with van der Waals surface area (Å²) in [6, 6.07) is 15.6. The summed E-state index contributed by atoms with van der Waals surface area (Å²) in [5.41, 5.74) is 4.25. The third-order valence-electron chi connectivity index (χ3n) is 3.12. The number of rotatable bonds is 3. The van der Waals surface area contributed by atoms with Crippen molar-refractivity contribution < 1.29 is 5.11 Å². The van der Waals surface area contributed by atoms with Crippen molar-refractivity contribution in [1.29, 1.82) is 5.26 Å². The van der Waals surface area contributed by atoms with Crippen molar-refractivity contribution in [2.75, 3.05) is 0 Å². The quantitative estimate of drug-likeness (QED) is 0.823. The predicted molar refractivity (Wildman–Crippen MR) is 77.6 cm³/mol. The van der Waals surface area contributed by atoms with Gasteiger partial charge in [0.05, 0.1) is 11.6 Å². The molecule has 2 rings (SSSR count). The van der Waals surface area contributed by atoms with Crippen LogP contribution in [0.15, 0.2) is 49.0 Å². The molecule has 0 bridgehead atoms. The molecule has 2 aromatic rings. The minimum atomic E-state index is -0.0228. The minimum Gasteiger partial charge on any atom is -0.508 e. The van der Waals surface area contributed by atoms with E-state index in [-0.39, 0.29) is 5.76 Å². The van der Waals surface area contributed by atoms with Crippen LogP contribution in [0, 0.1) is 11.3 Å². The van der Waals surface area contributed by atoms with Crippen LogP contribution < -0.4 is 0 Å². The number of aliphatic hydroxyl groups excluding tert-OH is 1. The van der Waals surface area contributed by atoms with E-state index in [4.69, 9.17) is 0 Å². The molecule has 0 spiro atoms. The lowest BCUT2D eigenvalue weighted by Crippen LogP contribution is -1.89. The average Bonchev–Trinajstić information content (AvgIpc) is 2.46. The molecule has 2 heteroatoms. The molecule has 2 aromatic carbocycles. The molecule has 0 aliphatic carbocycles. The largest absolute Gasteiger partial charge is 0.508 e. The van der Waals surface area contributed by atoms with Gasteiger partial charge >= 0.3 is 0 Å². The van der Waals surface area contributed by atoms with Gasteiger partial charge in [-0.3, -0.25) is 0 Å². The monoisotopic (exact) mass is 249 g/mol. The molecule has 0 fully saturated rings. The Hall–Kier alpha value is -2.53. The minimum absolute atomic E-state index is 0.0228. The standard InChI is InChI=1S/C17H15NO/c1-3-13-5-4-6-15(9-13)17-8-7-14(12(2)19)10-16(17)11-18/h4-10,19H,2-3H2,1H3. The molecule has 19 heavy (non-hydrogen) atoms. The van der Waals surface area contributed by atoms with E-state index >= 15 is 0 Å². The van der Waals surface area contributed by atoms with Crippen molar-refractivity contribution in [3.8, 4) is 17.2 Å². The van der Waals surface area contributed by atoms with Gasteiger partial charge in [-0.2, -0.15) is 5.26 Å². The summed E-state index contributed by atoms with van der Waals surface area (Å²) in [5, 5.41) is 18.6. The summed E-state index contributed by atoms with van der Waals surface area (Å²) in [6.45, 7) is 5.58. The molecular formula is C17H15NO. The molecule has 0 saturated carbocycles. The van der Waals surface area contributed by atoms with Crippen molar-refractivity contribution in [3.05, 3.63) is 65.7 Å². The molecule has 0 radical (unpaired) electrons. The summed E-state index contributed by atoms with van der Waals surface area (Å²) in [4.78, 5) is 0. The lowest BCUT2D eigenvalue weighted by atomic mass is 9.96. The molecule has 1 N–H and O–H groups in total. The summed E-state index contributed by atoms with van der Waals surface area (Å²) in [7, 11) is 0. The van der Waals surface area contributed by atoms with Crippen molar-refractivity contribution in [2.24, 2.45) is 0 Å². The van der Waals surface area contributed by atoms with Crippen molar-refractivity contribution in [1.82, 2.24) is 0 Å². The van der Waals surface area contributed by atoms with Gasteiger partial charge in [0.15, 0.2) is 0 Å². The molecule has 2 nitrogen and oxygen atoms in total. The second-order valence-electron chi connectivity index (χ2n) is 4.37. The van der Waals surface area contributed by atoms with Crippen LogP contribution in [0.3, 0.4) is 0 Å². The maximum Gasteiger partial charge on any atom is 0.115 e. The second kappa shape index (κ2) is 5.41. The van der Waals surface area contributed by atoms with Crippen molar-refractivity contribution in [2.45, 2.75) is 13.3 Å². The highest BCUT2D eigenvalue weighted by atomic mass is 16.3. The van der Waals surface area contributed by atoms with Crippen LogP contribution in [0.4, 0.5) is 0 Å². The molecule has 0 aliphatic heterocycles. The smallest absolute Gasteiger partial charge is 0.115 e. The van der Waals surface area contributed by atoms with E-state index in [0.717, 1.165) is 17.5 Å². The van der Waals surface area contributed by atoms with Gasteiger partial charge in [0, 0.05) is 5.56 Å². The maximum atomic E-state index is 9.38. The van der Waals surface area contributed by atoms with Crippen LogP contribution in [0.2, 0.25) is 0 Å². The Kier molecular flexibility index (Phi) is 3.68. The Balaban J connectivity index is 2.56. The third kappa shape index (κ3) is 2.66. The van der Waals surface area contributed by atoms with Crippen LogP contribution in [0.25, 0.3) is 16.9 Å². The van der Waals surface area contributed by atoms with Gasteiger partial charge in [0.25, 0.3) is 0 Å². The van der Waals surface area contributed by atoms with Gasteiger partial charge in [-0.05, 0) is 29.2 Å². The molecule has 94 valence electrons. The first-order valence-corrected chi connectivity index (χ1v) is 6.17. The molecule has 0 atom stereocenters. The predicted octanol–water partition coefficient (Wildman–Crippen LogP) is 4.32. The lowest BCUT2D eigenvalue weighted by molar-refractivity contribution is 0.514. The normalized spacial score (nSPS) is 9.89. The van der Waals surface area contributed by atoms with Crippen LogP contribution >= 0.6 is 0 Å². The van der Waals surface area contributed by atoms with Crippen molar-refractivity contribution in [3.63, 3.8) is 0 Å². The van der Waals surface area contributed by atoms with Gasteiger partial charge in [0.1, 0.15) is 5.76 Å². The Bertz CT molecular complexity index is 665. The molecule has 0 saturated heterocycles. The van der Waals surface area contributed by atoms with E-state index < -0.39 is 0 Å². The number of hydrogen-bond donors (Lipinski definition) is 1. The topological polar surface area (TPSA) is 44.0 Å². The Morgan fingerprint density at radius 2 is 2.05 bits per heavy atom. The second-order valence-corrected chi connectivity index (χ2v) is 4.37. The van der Waals surface area contributed by atoms with Gasteiger partial charge in [-0.1, -0.05) is 49.9 Å². The van der Waals surface area contributed by atoms with Crippen LogP contribution in [0.5, 0.6) is 0 Å². The van der Waals surface area contributed by atoms with Crippen LogP contribution in [-0.4, -0.2) is 5.11 Å². The fourth-order valence-corrected chi connectivity index (χ4v) is 2.03. The van der Waals surface area contributed by atoms with Crippen molar-refractivity contribution >= 4 is 5.76 Å². The maximum absolute atomic E-state index is 9.38. The first kappa shape index (κ1) is 12.9. The Morgan fingerprint density at radius 3 is 2.68 bits per heavy atom. The Morgan fingerprint density at radius 1 is 1.26 bits per heavy atom. The molecule has 0 aromatic heterocycles. The number of benzene rings is 2. The highest BCUT2D eigenvalue weighted by Gasteiger charge is 2.07. The van der Waals surface area contributed by atoms with Gasteiger partial charge in [-0.15, -0.1) is 0 Å². The summed E-state index contributed by atoms with van der Waals surface area (Å²) >= 11 is 0. The zero-order chi connectivity index (χ0) is 13.8. The number of nitrogens with zero attached hydrogens (tertiary/aromatic N) is 1. The first-order chi connectivity index (χ1) is 9.15. The molecule has 0 heterocycles. The fourth-order valence-electron chi connectivity index (χ4n) is 2.03. The number of aryl methyl sites for hydroxylation is 1. The van der Waals surface area contributed by atoms with E-state index in [1.165, 1.54) is 5.56 Å². The first-order valence-electron chi connectivity index (χ1n) is 6.17. The SMILES string of the molecule is C=C(O)c1ccc(-c2cccc(CC)c2)c(C#N)c1. The van der Waals surface area contributed by atoms with Gasteiger partial charge < -0.3 is 5.11 Å². The van der Waals surface area contributed by atoms with E-state index in [0.29, 0.717) is 11.1 Å². The zero-order valence-electron chi connectivity index (χ0n) is 10.9. The highest BCUT2D eigenvalue weighted by molar-refractivity contribution is 5.74. The number of hydrogen-bond acceptors (Lipinski definition) is 2. The molecule has 0 unspecified atom stereocenters. The highest BCUT2D eigenvalue weighted by Crippen LogP contribution is 2.26. The summed E-state index contributed by atoms with van der Waals surface area (Å²) < 4.78 is 0. The average molecular weight is 249 g/mol. The number of aliphatic hydroxyl groups is 1. The third-order valence-corrected chi connectivity index (χ3v) is 3.12. The van der Waals surface area contributed by atoms with Gasteiger partial charge in [-0.25, -0.2) is 0 Å². The van der Waals surface area contributed by atoms with Crippen LogP contribution in [0.1, 0.15) is 23.6 Å². The molecule has 0 amide bonds. The van der Waals surface area contributed by atoms with Crippen LogP contribution in [-0.2, 0) is 6.42 Å². The van der Waals surface area contributed by atoms with E-state index in [1.54, 1.807) is 12.1 Å². The molecular weight excluding hydrogens is 234 g/mol. The fraction of sp³-hybridized carbons (Fsp3) is 0.118.